The molecule has 1 saturated carbocycles. The van der Waals surface area contributed by atoms with Gasteiger partial charge in [-0.1, -0.05) is 19.8 Å². The van der Waals surface area contributed by atoms with Crippen molar-refractivity contribution in [2.24, 2.45) is 5.92 Å². The lowest BCUT2D eigenvalue weighted by Crippen LogP contribution is -2.50. The molecule has 3 amide bonds. The van der Waals surface area contributed by atoms with Gasteiger partial charge in [0.25, 0.3) is 5.91 Å². The van der Waals surface area contributed by atoms with E-state index in [-0.39, 0.29) is 10.8 Å². The van der Waals surface area contributed by atoms with Gasteiger partial charge in [-0.15, -0.1) is 0 Å². The van der Waals surface area contributed by atoms with Crippen LogP contribution in [-0.2, 0) is 4.79 Å². The van der Waals surface area contributed by atoms with Crippen LogP contribution in [0, 0.1) is 5.92 Å². The van der Waals surface area contributed by atoms with Crippen molar-refractivity contribution in [3.63, 3.8) is 0 Å². The van der Waals surface area contributed by atoms with Gasteiger partial charge in [0.2, 0.25) is 0 Å². The van der Waals surface area contributed by atoms with E-state index < -0.39 is 30.2 Å². The number of halogens is 3. The first-order chi connectivity index (χ1) is 8.23. The molecule has 2 rings (SSSR count). The van der Waals surface area contributed by atoms with E-state index in [9.17, 15) is 22.8 Å². The highest BCUT2D eigenvalue weighted by Gasteiger charge is 2.54. The van der Waals surface area contributed by atoms with Crippen molar-refractivity contribution in [3.05, 3.63) is 0 Å². The number of carbonyl (C=O) groups is 2. The van der Waals surface area contributed by atoms with E-state index in [2.05, 4.69) is 5.32 Å². The number of nitrogens with zero attached hydrogens (tertiary/aromatic N) is 1. The third-order valence-corrected chi connectivity index (χ3v) is 3.58. The maximum Gasteiger partial charge on any atom is 0.406 e. The van der Waals surface area contributed by atoms with Crippen molar-refractivity contribution in [1.29, 1.82) is 0 Å². The van der Waals surface area contributed by atoms with Gasteiger partial charge in [0, 0.05) is 0 Å². The number of rotatable bonds is 1. The molecule has 1 heterocycles. The van der Waals surface area contributed by atoms with Gasteiger partial charge in [0.15, 0.2) is 0 Å². The van der Waals surface area contributed by atoms with Crippen LogP contribution in [-0.4, -0.2) is 35.1 Å². The second kappa shape index (κ2) is 4.13. The molecule has 18 heavy (non-hydrogen) atoms. The van der Waals surface area contributed by atoms with E-state index in [1.807, 2.05) is 6.92 Å². The number of urea groups is 1. The lowest BCUT2D eigenvalue weighted by atomic mass is 9.76. The van der Waals surface area contributed by atoms with Crippen LogP contribution < -0.4 is 5.32 Å². The molecule has 0 aromatic carbocycles. The summed E-state index contributed by atoms with van der Waals surface area (Å²) in [5.41, 5.74) is -1.10. The van der Waals surface area contributed by atoms with Gasteiger partial charge in [-0.2, -0.15) is 13.2 Å². The molecular weight excluding hydrogens is 249 g/mol. The Balaban J connectivity index is 2.18. The minimum absolute atomic E-state index is 0.230. The zero-order valence-electron chi connectivity index (χ0n) is 10.0. The standard InChI is InChI=1S/C11H15F3N2O2/c1-7-3-2-4-10(5-7)8(17)16(9(18)15-10)6-11(12,13)14/h7H,2-6H2,1H3,(H,15,18). The zero-order valence-corrected chi connectivity index (χ0v) is 10.0. The second-order valence-corrected chi connectivity index (χ2v) is 5.22. The molecule has 1 spiro atoms. The van der Waals surface area contributed by atoms with Crippen LogP contribution in [0.5, 0.6) is 0 Å². The monoisotopic (exact) mass is 264 g/mol. The Morgan fingerprint density at radius 1 is 1.44 bits per heavy atom. The van der Waals surface area contributed by atoms with E-state index in [1.54, 1.807) is 0 Å². The van der Waals surface area contributed by atoms with Crippen LogP contribution in [0.2, 0.25) is 0 Å². The van der Waals surface area contributed by atoms with E-state index in [4.69, 9.17) is 0 Å². The quantitative estimate of drug-likeness (QED) is 0.737. The van der Waals surface area contributed by atoms with Crippen LogP contribution in [0.1, 0.15) is 32.6 Å². The molecule has 4 nitrogen and oxygen atoms in total. The van der Waals surface area contributed by atoms with Gasteiger partial charge in [-0.05, 0) is 18.8 Å². The molecular formula is C11H15F3N2O2. The summed E-state index contributed by atoms with van der Waals surface area (Å²) in [6, 6.07) is -0.925. The smallest absolute Gasteiger partial charge is 0.323 e. The van der Waals surface area contributed by atoms with Crippen molar-refractivity contribution >= 4 is 11.9 Å². The van der Waals surface area contributed by atoms with E-state index in [1.165, 1.54) is 0 Å². The molecule has 0 bridgehead atoms. The van der Waals surface area contributed by atoms with Crippen molar-refractivity contribution in [2.45, 2.75) is 44.3 Å². The van der Waals surface area contributed by atoms with Gasteiger partial charge >= 0.3 is 12.2 Å². The number of amides is 3. The molecule has 2 atom stereocenters. The summed E-state index contributed by atoms with van der Waals surface area (Å²) < 4.78 is 36.9. The Kier molecular flexibility index (Phi) is 3.03. The first-order valence-corrected chi connectivity index (χ1v) is 5.94. The highest BCUT2D eigenvalue weighted by molar-refractivity contribution is 6.07. The predicted octanol–water partition coefficient (Wildman–Crippen LogP) is 2.05. The Labute approximate surface area is 103 Å². The van der Waals surface area contributed by atoms with Crippen LogP contribution in [0.25, 0.3) is 0 Å². The summed E-state index contributed by atoms with van der Waals surface area (Å²) in [7, 11) is 0. The fourth-order valence-corrected chi connectivity index (χ4v) is 2.86. The highest BCUT2D eigenvalue weighted by Crippen LogP contribution is 2.37. The average molecular weight is 264 g/mol. The molecule has 102 valence electrons. The summed E-state index contributed by atoms with van der Waals surface area (Å²) in [5, 5.41) is 2.46. The third-order valence-electron chi connectivity index (χ3n) is 3.58. The normalized spacial score (nSPS) is 33.1. The van der Waals surface area contributed by atoms with Crippen LogP contribution in [0.4, 0.5) is 18.0 Å². The molecule has 2 unspecified atom stereocenters. The molecule has 7 heteroatoms. The maximum atomic E-state index is 12.3. The molecule has 0 aromatic rings. The van der Waals surface area contributed by atoms with Gasteiger partial charge in [-0.3, -0.25) is 9.69 Å². The van der Waals surface area contributed by atoms with Crippen molar-refractivity contribution in [2.75, 3.05) is 6.54 Å². The third kappa shape index (κ3) is 2.30. The number of hydrogen-bond acceptors (Lipinski definition) is 2. The van der Waals surface area contributed by atoms with Gasteiger partial charge in [0.1, 0.15) is 12.1 Å². The first-order valence-electron chi connectivity index (χ1n) is 5.94. The van der Waals surface area contributed by atoms with Gasteiger partial charge in [-0.25, -0.2) is 4.79 Å². The number of hydrogen-bond donors (Lipinski definition) is 1. The van der Waals surface area contributed by atoms with Gasteiger partial charge < -0.3 is 5.32 Å². The second-order valence-electron chi connectivity index (χ2n) is 5.22. The summed E-state index contributed by atoms with van der Waals surface area (Å²) in [5.74, 6) is -0.495. The zero-order chi connectivity index (χ0) is 13.6. The minimum atomic E-state index is -4.56. The summed E-state index contributed by atoms with van der Waals surface area (Å²) >= 11 is 0. The molecule has 1 aliphatic heterocycles. The van der Waals surface area contributed by atoms with Crippen LogP contribution in [0.15, 0.2) is 0 Å². The molecule has 1 aliphatic carbocycles. The number of alkyl halides is 3. The van der Waals surface area contributed by atoms with Gasteiger partial charge in [0.05, 0.1) is 0 Å². The topological polar surface area (TPSA) is 49.4 Å². The molecule has 2 fully saturated rings. The lowest BCUT2D eigenvalue weighted by molar-refractivity contribution is -0.155. The Hall–Kier alpha value is -1.27. The average Bonchev–Trinajstić information content (AvgIpc) is 2.41. The maximum absolute atomic E-state index is 12.3. The largest absolute Gasteiger partial charge is 0.406 e. The number of imide groups is 1. The Morgan fingerprint density at radius 3 is 2.67 bits per heavy atom. The van der Waals surface area contributed by atoms with Crippen LogP contribution >= 0.6 is 0 Å². The molecule has 1 N–H and O–H groups in total. The lowest BCUT2D eigenvalue weighted by Gasteiger charge is -2.34. The summed E-state index contributed by atoms with van der Waals surface area (Å²) in [4.78, 5) is 23.9. The molecule has 2 aliphatic rings. The molecule has 0 radical (unpaired) electrons. The first kappa shape index (κ1) is 13.2. The van der Waals surface area contributed by atoms with Crippen molar-refractivity contribution < 1.29 is 22.8 Å². The van der Waals surface area contributed by atoms with E-state index in [0.29, 0.717) is 12.8 Å². The van der Waals surface area contributed by atoms with E-state index >= 15 is 0 Å². The minimum Gasteiger partial charge on any atom is -0.323 e. The highest BCUT2D eigenvalue weighted by atomic mass is 19.4. The fourth-order valence-electron chi connectivity index (χ4n) is 2.86. The fraction of sp³-hybridized carbons (Fsp3) is 0.818. The Bertz CT molecular complexity index is 383. The van der Waals surface area contributed by atoms with Crippen LogP contribution in [0.3, 0.4) is 0 Å². The SMILES string of the molecule is CC1CCCC2(C1)NC(=O)N(CC(F)(F)F)C2=O. The number of nitrogens with one attached hydrogen (secondary N) is 1. The Morgan fingerprint density at radius 2 is 2.11 bits per heavy atom. The summed E-state index contributed by atoms with van der Waals surface area (Å²) in [6.45, 7) is 0.431. The predicted molar refractivity (Wildman–Crippen MR) is 56.7 cm³/mol. The number of carbonyl (C=O) groups excluding carboxylic acids is 2. The molecule has 0 aromatic heterocycles. The van der Waals surface area contributed by atoms with Crippen molar-refractivity contribution in [3.8, 4) is 0 Å². The summed E-state index contributed by atoms with van der Waals surface area (Å²) in [6.07, 6.45) is -2.03. The molecule has 1 saturated heterocycles. The van der Waals surface area contributed by atoms with E-state index in [0.717, 1.165) is 12.8 Å². The van der Waals surface area contributed by atoms with Crippen molar-refractivity contribution in [1.82, 2.24) is 10.2 Å².